The Bertz CT molecular complexity index is 853. The summed E-state index contributed by atoms with van der Waals surface area (Å²) in [4.78, 5) is 16.3. The van der Waals surface area contributed by atoms with E-state index in [1.54, 1.807) is 18.3 Å². The van der Waals surface area contributed by atoms with Crippen LogP contribution < -0.4 is 10.6 Å². The first-order valence-electron chi connectivity index (χ1n) is 7.55. The van der Waals surface area contributed by atoms with Crippen LogP contribution in [0.2, 0.25) is 0 Å². The highest BCUT2D eigenvalue weighted by Crippen LogP contribution is 2.23. The van der Waals surface area contributed by atoms with Gasteiger partial charge in [0.1, 0.15) is 0 Å². The van der Waals surface area contributed by atoms with Crippen LogP contribution in [0.3, 0.4) is 0 Å². The first-order valence-corrected chi connectivity index (χ1v) is 7.55. The molecule has 6 heteroatoms. The highest BCUT2D eigenvalue weighted by molar-refractivity contribution is 5.93. The second kappa shape index (κ2) is 5.64. The molecule has 0 radical (unpaired) electrons. The number of rotatable bonds is 4. The van der Waals surface area contributed by atoms with Crippen molar-refractivity contribution in [1.82, 2.24) is 20.5 Å². The van der Waals surface area contributed by atoms with Crippen LogP contribution in [0.1, 0.15) is 23.3 Å². The number of carbonyl (C=O) groups excluding carboxylic acids is 1. The molecule has 1 aliphatic rings. The predicted molar refractivity (Wildman–Crippen MR) is 87.5 cm³/mol. The molecule has 2 heterocycles. The summed E-state index contributed by atoms with van der Waals surface area (Å²) in [6, 6.07) is 13.5. The van der Waals surface area contributed by atoms with Gasteiger partial charge in [-0.25, -0.2) is 0 Å². The van der Waals surface area contributed by atoms with E-state index in [4.69, 9.17) is 0 Å². The Balaban J connectivity index is 1.55. The fourth-order valence-corrected chi connectivity index (χ4v) is 2.35. The van der Waals surface area contributed by atoms with Gasteiger partial charge in [-0.1, -0.05) is 18.2 Å². The molecule has 23 heavy (non-hydrogen) atoms. The third-order valence-electron chi connectivity index (χ3n) is 3.71. The third kappa shape index (κ3) is 2.96. The van der Waals surface area contributed by atoms with Gasteiger partial charge < -0.3 is 10.6 Å². The first kappa shape index (κ1) is 13.6. The number of carbonyl (C=O) groups is 1. The topological polar surface area (TPSA) is 79.8 Å². The molecule has 4 rings (SSSR count). The van der Waals surface area contributed by atoms with Crippen LogP contribution in [-0.2, 0) is 0 Å². The van der Waals surface area contributed by atoms with Crippen LogP contribution in [0.4, 0.5) is 11.5 Å². The van der Waals surface area contributed by atoms with E-state index in [2.05, 4.69) is 25.8 Å². The number of pyridine rings is 1. The zero-order valence-electron chi connectivity index (χ0n) is 12.4. The molecule has 3 aromatic rings. The molecule has 0 saturated heterocycles. The Morgan fingerprint density at radius 2 is 1.91 bits per heavy atom. The molecular weight excluding hydrogens is 290 g/mol. The quantitative estimate of drug-likeness (QED) is 0.774. The smallest absolute Gasteiger partial charge is 0.272 e. The van der Waals surface area contributed by atoms with Gasteiger partial charge in [-0.2, -0.15) is 0 Å². The van der Waals surface area contributed by atoms with Crippen molar-refractivity contribution in [2.45, 2.75) is 18.9 Å². The van der Waals surface area contributed by atoms with Gasteiger partial charge in [0.05, 0.1) is 11.2 Å². The highest BCUT2D eigenvalue weighted by atomic mass is 16.2. The zero-order valence-corrected chi connectivity index (χ0v) is 12.4. The van der Waals surface area contributed by atoms with E-state index in [0.29, 0.717) is 17.6 Å². The van der Waals surface area contributed by atoms with Crippen molar-refractivity contribution in [3.8, 4) is 0 Å². The maximum absolute atomic E-state index is 11.9. The van der Waals surface area contributed by atoms with Gasteiger partial charge in [-0.3, -0.25) is 9.78 Å². The van der Waals surface area contributed by atoms with Gasteiger partial charge in [0.15, 0.2) is 11.5 Å². The average Bonchev–Trinajstić information content (AvgIpc) is 3.40. The SMILES string of the molecule is O=C(NC1CC1)c1ccc(Nc2cccc3cccnc23)nn1. The summed E-state index contributed by atoms with van der Waals surface area (Å²) < 4.78 is 0. The number of hydrogen-bond donors (Lipinski definition) is 2. The van der Waals surface area contributed by atoms with Gasteiger partial charge in [-0.05, 0) is 37.1 Å². The molecule has 0 unspecified atom stereocenters. The molecule has 0 atom stereocenters. The Morgan fingerprint density at radius 1 is 1.04 bits per heavy atom. The van der Waals surface area contributed by atoms with Crippen molar-refractivity contribution >= 4 is 28.3 Å². The summed E-state index contributed by atoms with van der Waals surface area (Å²) in [5, 5.41) is 15.2. The predicted octanol–water partition coefficient (Wildman–Crippen LogP) is 2.66. The molecule has 0 aliphatic heterocycles. The molecule has 1 aromatic carbocycles. The van der Waals surface area contributed by atoms with E-state index >= 15 is 0 Å². The Hall–Kier alpha value is -3.02. The highest BCUT2D eigenvalue weighted by Gasteiger charge is 2.24. The molecule has 1 amide bonds. The largest absolute Gasteiger partial charge is 0.348 e. The second-order valence-electron chi connectivity index (χ2n) is 5.56. The van der Waals surface area contributed by atoms with Crippen molar-refractivity contribution in [3.63, 3.8) is 0 Å². The van der Waals surface area contributed by atoms with Crippen LogP contribution in [-0.4, -0.2) is 27.1 Å². The third-order valence-corrected chi connectivity index (χ3v) is 3.71. The fourth-order valence-electron chi connectivity index (χ4n) is 2.35. The summed E-state index contributed by atoms with van der Waals surface area (Å²) in [5.74, 6) is 0.407. The number of amides is 1. The molecule has 2 aromatic heterocycles. The molecular formula is C17H15N5O. The van der Waals surface area contributed by atoms with Crippen molar-refractivity contribution in [3.05, 3.63) is 54.4 Å². The number of fused-ring (bicyclic) bond motifs is 1. The second-order valence-corrected chi connectivity index (χ2v) is 5.56. The normalized spacial score (nSPS) is 13.7. The lowest BCUT2D eigenvalue weighted by Crippen LogP contribution is -2.26. The molecule has 2 N–H and O–H groups in total. The molecule has 1 saturated carbocycles. The maximum atomic E-state index is 11.9. The van der Waals surface area contributed by atoms with E-state index in [0.717, 1.165) is 29.4 Å². The van der Waals surface area contributed by atoms with Crippen molar-refractivity contribution < 1.29 is 4.79 Å². The van der Waals surface area contributed by atoms with E-state index in [1.165, 1.54) is 0 Å². The Morgan fingerprint density at radius 3 is 2.70 bits per heavy atom. The summed E-state index contributed by atoms with van der Waals surface area (Å²) in [6.07, 6.45) is 3.85. The first-order chi connectivity index (χ1) is 11.3. The van der Waals surface area contributed by atoms with Crippen LogP contribution in [0.25, 0.3) is 10.9 Å². The molecule has 0 spiro atoms. The minimum absolute atomic E-state index is 0.168. The molecule has 1 fully saturated rings. The fraction of sp³-hybridized carbons (Fsp3) is 0.176. The number of hydrogen-bond acceptors (Lipinski definition) is 5. The number of aromatic nitrogens is 3. The lowest BCUT2D eigenvalue weighted by atomic mass is 10.2. The maximum Gasteiger partial charge on any atom is 0.272 e. The van der Waals surface area contributed by atoms with Crippen LogP contribution in [0, 0.1) is 0 Å². The molecule has 0 bridgehead atoms. The standard InChI is InChI=1S/C17H15N5O/c23-17(19-12-6-7-12)14-8-9-15(22-21-14)20-13-5-1-3-11-4-2-10-18-16(11)13/h1-5,8-10,12H,6-7H2,(H,19,23)(H,20,22). The minimum Gasteiger partial charge on any atom is -0.348 e. The molecule has 114 valence electrons. The number of para-hydroxylation sites is 1. The van der Waals surface area contributed by atoms with Gasteiger partial charge >= 0.3 is 0 Å². The summed E-state index contributed by atoms with van der Waals surface area (Å²) in [6.45, 7) is 0. The number of benzene rings is 1. The van der Waals surface area contributed by atoms with E-state index in [9.17, 15) is 4.79 Å². The number of nitrogens with one attached hydrogen (secondary N) is 2. The van der Waals surface area contributed by atoms with Crippen molar-refractivity contribution in [1.29, 1.82) is 0 Å². The number of nitrogens with zero attached hydrogens (tertiary/aromatic N) is 3. The summed E-state index contributed by atoms with van der Waals surface area (Å²) >= 11 is 0. The minimum atomic E-state index is -0.168. The van der Waals surface area contributed by atoms with Crippen LogP contribution in [0.5, 0.6) is 0 Å². The van der Waals surface area contributed by atoms with Gasteiger partial charge in [0.2, 0.25) is 0 Å². The van der Waals surface area contributed by atoms with Crippen molar-refractivity contribution in [2.75, 3.05) is 5.32 Å². The lowest BCUT2D eigenvalue weighted by Gasteiger charge is -2.08. The monoisotopic (exact) mass is 305 g/mol. The number of anilines is 2. The lowest BCUT2D eigenvalue weighted by molar-refractivity contribution is 0.0945. The van der Waals surface area contributed by atoms with Gasteiger partial charge in [-0.15, -0.1) is 10.2 Å². The molecule has 6 nitrogen and oxygen atoms in total. The Labute approximate surface area is 133 Å². The van der Waals surface area contributed by atoms with E-state index in [1.807, 2.05) is 30.3 Å². The zero-order chi connectivity index (χ0) is 15.6. The Kier molecular flexibility index (Phi) is 3.34. The average molecular weight is 305 g/mol. The van der Waals surface area contributed by atoms with Crippen molar-refractivity contribution in [2.24, 2.45) is 0 Å². The summed E-state index contributed by atoms with van der Waals surface area (Å²) in [7, 11) is 0. The van der Waals surface area contributed by atoms with E-state index < -0.39 is 0 Å². The van der Waals surface area contributed by atoms with Crippen LogP contribution in [0.15, 0.2) is 48.7 Å². The molecule has 1 aliphatic carbocycles. The van der Waals surface area contributed by atoms with E-state index in [-0.39, 0.29) is 5.91 Å². The van der Waals surface area contributed by atoms with Crippen LogP contribution >= 0.6 is 0 Å². The van der Waals surface area contributed by atoms with Gasteiger partial charge in [0.25, 0.3) is 5.91 Å². The van der Waals surface area contributed by atoms with Gasteiger partial charge in [0, 0.05) is 17.6 Å². The summed E-state index contributed by atoms with van der Waals surface area (Å²) in [5.41, 5.74) is 2.05.